The molecule has 1 aliphatic rings. The molecule has 0 radical (unpaired) electrons. The number of nitrogens with zero attached hydrogens (tertiary/aromatic N) is 1. The van der Waals surface area contributed by atoms with Gasteiger partial charge in [0, 0.05) is 24.8 Å². The van der Waals surface area contributed by atoms with Gasteiger partial charge in [-0.25, -0.2) is 4.39 Å². The first-order valence-corrected chi connectivity index (χ1v) is 6.37. The Labute approximate surface area is 103 Å². The van der Waals surface area contributed by atoms with Gasteiger partial charge >= 0.3 is 0 Å². The summed E-state index contributed by atoms with van der Waals surface area (Å²) in [6.07, 6.45) is 5.05. The van der Waals surface area contributed by atoms with Gasteiger partial charge < -0.3 is 10.6 Å². The summed E-state index contributed by atoms with van der Waals surface area (Å²) < 4.78 is 13.3. The van der Waals surface area contributed by atoms with Gasteiger partial charge in [0.2, 0.25) is 0 Å². The first-order chi connectivity index (χ1) is 8.09. The number of hydrogen-bond donors (Lipinski definition) is 1. The molecular weight excluding hydrogens is 215 g/mol. The number of halogens is 1. The third-order valence-electron chi connectivity index (χ3n) is 3.73. The number of rotatable bonds is 3. The molecule has 0 amide bonds. The van der Waals surface area contributed by atoms with Crippen LogP contribution in [0.3, 0.4) is 0 Å². The minimum absolute atomic E-state index is 0.135. The summed E-state index contributed by atoms with van der Waals surface area (Å²) in [6, 6.07) is 5.38. The second-order valence-corrected chi connectivity index (χ2v) is 5.04. The van der Waals surface area contributed by atoms with E-state index in [9.17, 15) is 4.39 Å². The molecule has 0 aliphatic heterocycles. The van der Waals surface area contributed by atoms with E-state index < -0.39 is 0 Å². The fraction of sp³-hybridized carbons (Fsp3) is 0.571. The van der Waals surface area contributed by atoms with Gasteiger partial charge in [0.1, 0.15) is 5.82 Å². The maximum absolute atomic E-state index is 13.3. The first-order valence-electron chi connectivity index (χ1n) is 6.37. The van der Waals surface area contributed by atoms with Crippen LogP contribution in [0.2, 0.25) is 0 Å². The molecule has 2 rings (SSSR count). The summed E-state index contributed by atoms with van der Waals surface area (Å²) in [5, 5.41) is 0. The summed E-state index contributed by atoms with van der Waals surface area (Å²) in [5.74, 6) is -0.208. The number of anilines is 1. The smallest absolute Gasteiger partial charge is 0.123 e. The van der Waals surface area contributed by atoms with Crippen LogP contribution < -0.4 is 10.6 Å². The fourth-order valence-electron chi connectivity index (χ4n) is 2.70. The Morgan fingerprint density at radius 3 is 2.59 bits per heavy atom. The SMILES string of the molecule is C[C@@H](N)c1cc(F)ccc1N(C)C1CCCC1. The van der Waals surface area contributed by atoms with E-state index in [1.165, 1.54) is 31.7 Å². The van der Waals surface area contributed by atoms with Crippen LogP contribution in [0.15, 0.2) is 18.2 Å². The van der Waals surface area contributed by atoms with Crippen LogP contribution >= 0.6 is 0 Å². The molecule has 2 nitrogen and oxygen atoms in total. The van der Waals surface area contributed by atoms with Gasteiger partial charge in [0.25, 0.3) is 0 Å². The van der Waals surface area contributed by atoms with Gasteiger partial charge in [0.05, 0.1) is 0 Å². The minimum Gasteiger partial charge on any atom is -0.371 e. The second-order valence-electron chi connectivity index (χ2n) is 5.04. The maximum atomic E-state index is 13.3. The fourth-order valence-corrected chi connectivity index (χ4v) is 2.70. The van der Waals surface area contributed by atoms with Crippen LogP contribution in [0.5, 0.6) is 0 Å². The maximum Gasteiger partial charge on any atom is 0.123 e. The molecule has 3 heteroatoms. The van der Waals surface area contributed by atoms with Crippen LogP contribution in [0.1, 0.15) is 44.2 Å². The van der Waals surface area contributed by atoms with E-state index in [4.69, 9.17) is 5.73 Å². The summed E-state index contributed by atoms with van der Waals surface area (Å²) in [7, 11) is 2.09. The van der Waals surface area contributed by atoms with Crippen LogP contribution in [0.25, 0.3) is 0 Å². The Morgan fingerprint density at radius 2 is 2.00 bits per heavy atom. The van der Waals surface area contributed by atoms with Gasteiger partial charge in [-0.3, -0.25) is 0 Å². The summed E-state index contributed by atoms with van der Waals surface area (Å²) in [5.41, 5.74) is 7.91. The van der Waals surface area contributed by atoms with E-state index >= 15 is 0 Å². The molecule has 2 N–H and O–H groups in total. The molecule has 0 unspecified atom stereocenters. The minimum atomic E-state index is -0.208. The standard InChI is InChI=1S/C14H21FN2/c1-10(16)13-9-11(15)7-8-14(13)17(2)12-5-3-4-6-12/h7-10,12H,3-6,16H2,1-2H3/t10-/m1/s1. The normalized spacial score (nSPS) is 18.4. The Bertz CT molecular complexity index is 384. The molecule has 17 heavy (non-hydrogen) atoms. The zero-order chi connectivity index (χ0) is 12.4. The molecule has 0 spiro atoms. The van der Waals surface area contributed by atoms with Crippen molar-refractivity contribution >= 4 is 5.69 Å². The predicted molar refractivity (Wildman–Crippen MR) is 69.7 cm³/mol. The molecule has 1 atom stereocenters. The van der Waals surface area contributed by atoms with Crippen molar-refractivity contribution in [2.75, 3.05) is 11.9 Å². The van der Waals surface area contributed by atoms with Crippen molar-refractivity contribution in [1.29, 1.82) is 0 Å². The molecule has 1 fully saturated rings. The molecule has 0 bridgehead atoms. The number of hydrogen-bond acceptors (Lipinski definition) is 2. The summed E-state index contributed by atoms with van der Waals surface area (Å²) in [6.45, 7) is 1.90. The van der Waals surface area contributed by atoms with Crippen molar-refractivity contribution in [3.8, 4) is 0 Å². The highest BCUT2D eigenvalue weighted by Crippen LogP contribution is 2.31. The Kier molecular flexibility index (Phi) is 3.67. The van der Waals surface area contributed by atoms with E-state index in [0.717, 1.165) is 11.3 Å². The zero-order valence-corrected chi connectivity index (χ0v) is 10.6. The van der Waals surface area contributed by atoms with Crippen molar-refractivity contribution in [3.63, 3.8) is 0 Å². The molecule has 0 aromatic heterocycles. The molecule has 0 heterocycles. The average Bonchev–Trinajstić information content (AvgIpc) is 2.81. The topological polar surface area (TPSA) is 29.3 Å². The third-order valence-corrected chi connectivity index (χ3v) is 3.73. The lowest BCUT2D eigenvalue weighted by Crippen LogP contribution is -2.30. The Balaban J connectivity index is 2.29. The Morgan fingerprint density at radius 1 is 1.35 bits per heavy atom. The van der Waals surface area contributed by atoms with Gasteiger partial charge in [-0.15, -0.1) is 0 Å². The van der Waals surface area contributed by atoms with Crippen LogP contribution in [-0.2, 0) is 0 Å². The predicted octanol–water partition coefficient (Wildman–Crippen LogP) is 3.22. The number of nitrogens with two attached hydrogens (primary N) is 1. The van der Waals surface area contributed by atoms with E-state index in [-0.39, 0.29) is 11.9 Å². The van der Waals surface area contributed by atoms with Crippen molar-refractivity contribution in [3.05, 3.63) is 29.6 Å². The van der Waals surface area contributed by atoms with E-state index in [0.29, 0.717) is 6.04 Å². The van der Waals surface area contributed by atoms with E-state index in [1.807, 2.05) is 13.0 Å². The molecule has 1 saturated carbocycles. The van der Waals surface area contributed by atoms with Crippen LogP contribution in [-0.4, -0.2) is 13.1 Å². The average molecular weight is 236 g/mol. The Hall–Kier alpha value is -1.09. The van der Waals surface area contributed by atoms with E-state index in [2.05, 4.69) is 11.9 Å². The van der Waals surface area contributed by atoms with Crippen molar-refractivity contribution < 1.29 is 4.39 Å². The van der Waals surface area contributed by atoms with Gasteiger partial charge in [-0.1, -0.05) is 12.8 Å². The number of benzene rings is 1. The molecule has 1 aliphatic carbocycles. The van der Waals surface area contributed by atoms with Gasteiger partial charge in [0.15, 0.2) is 0 Å². The highest BCUT2D eigenvalue weighted by atomic mass is 19.1. The van der Waals surface area contributed by atoms with Crippen LogP contribution in [0, 0.1) is 5.82 Å². The monoisotopic (exact) mass is 236 g/mol. The quantitative estimate of drug-likeness (QED) is 0.873. The summed E-state index contributed by atoms with van der Waals surface area (Å²) in [4.78, 5) is 2.27. The summed E-state index contributed by atoms with van der Waals surface area (Å²) >= 11 is 0. The molecule has 94 valence electrons. The lowest BCUT2D eigenvalue weighted by Gasteiger charge is -2.29. The van der Waals surface area contributed by atoms with E-state index in [1.54, 1.807) is 6.07 Å². The van der Waals surface area contributed by atoms with Gasteiger partial charge in [-0.2, -0.15) is 0 Å². The molecule has 1 aromatic rings. The highest BCUT2D eigenvalue weighted by Gasteiger charge is 2.22. The lowest BCUT2D eigenvalue weighted by molar-refractivity contribution is 0.616. The van der Waals surface area contributed by atoms with Gasteiger partial charge in [-0.05, 0) is 43.5 Å². The zero-order valence-electron chi connectivity index (χ0n) is 10.6. The second kappa shape index (κ2) is 5.05. The highest BCUT2D eigenvalue weighted by molar-refractivity contribution is 5.55. The lowest BCUT2D eigenvalue weighted by atomic mass is 10.0. The molecule has 1 aromatic carbocycles. The first kappa shape index (κ1) is 12.4. The molecule has 0 saturated heterocycles. The van der Waals surface area contributed by atoms with Crippen LogP contribution in [0.4, 0.5) is 10.1 Å². The van der Waals surface area contributed by atoms with Crippen molar-refractivity contribution in [1.82, 2.24) is 0 Å². The third kappa shape index (κ3) is 2.60. The largest absolute Gasteiger partial charge is 0.371 e. The van der Waals surface area contributed by atoms with Crippen molar-refractivity contribution in [2.45, 2.75) is 44.7 Å². The molecular formula is C14H21FN2. The van der Waals surface area contributed by atoms with Crippen molar-refractivity contribution in [2.24, 2.45) is 5.73 Å².